The molecule has 21 heavy (non-hydrogen) atoms. The van der Waals surface area contributed by atoms with Crippen LogP contribution < -0.4 is 5.32 Å². The van der Waals surface area contributed by atoms with Crippen molar-refractivity contribution in [3.8, 4) is 5.69 Å². The molecule has 0 unspecified atom stereocenters. The van der Waals surface area contributed by atoms with E-state index in [1.807, 2.05) is 41.2 Å². The van der Waals surface area contributed by atoms with E-state index in [2.05, 4.69) is 15.3 Å². The minimum atomic E-state index is -0.125. The van der Waals surface area contributed by atoms with Gasteiger partial charge in [-0.25, -0.2) is 0 Å². The molecule has 5 heteroatoms. The molecule has 5 nitrogen and oxygen atoms in total. The molecule has 3 aromatic rings. The van der Waals surface area contributed by atoms with Crippen LogP contribution in [0, 0.1) is 0 Å². The minimum Gasteiger partial charge on any atom is -0.346 e. The number of carbonyl (C=O) groups excluding carboxylic acids is 1. The van der Waals surface area contributed by atoms with Gasteiger partial charge in [-0.3, -0.25) is 14.8 Å². The zero-order chi connectivity index (χ0) is 14.5. The summed E-state index contributed by atoms with van der Waals surface area (Å²) in [5, 5.41) is 2.82. The average Bonchev–Trinajstić information content (AvgIpc) is 3.08. The Morgan fingerprint density at radius 3 is 2.52 bits per heavy atom. The van der Waals surface area contributed by atoms with E-state index < -0.39 is 0 Å². The van der Waals surface area contributed by atoms with Gasteiger partial charge in [0, 0.05) is 36.0 Å². The monoisotopic (exact) mass is 278 g/mol. The molecule has 2 heterocycles. The maximum absolute atomic E-state index is 12.0. The summed E-state index contributed by atoms with van der Waals surface area (Å²) in [4.78, 5) is 20.1. The summed E-state index contributed by atoms with van der Waals surface area (Å²) in [5.41, 5.74) is 2.37. The summed E-state index contributed by atoms with van der Waals surface area (Å²) >= 11 is 0. The topological polar surface area (TPSA) is 59.8 Å². The number of nitrogens with zero attached hydrogens (tertiary/aromatic N) is 3. The molecule has 0 fully saturated rings. The lowest BCUT2D eigenvalue weighted by atomic mass is 10.2. The number of amides is 1. The predicted octanol–water partition coefficient (Wildman–Crippen LogP) is 2.20. The van der Waals surface area contributed by atoms with Crippen molar-refractivity contribution in [2.45, 2.75) is 6.54 Å². The largest absolute Gasteiger partial charge is 0.346 e. The van der Waals surface area contributed by atoms with E-state index in [9.17, 15) is 4.79 Å². The molecule has 0 spiro atoms. The number of benzene rings is 1. The van der Waals surface area contributed by atoms with Crippen LogP contribution in [-0.2, 0) is 6.54 Å². The highest BCUT2D eigenvalue weighted by Crippen LogP contribution is 2.10. The number of hydrogen-bond acceptors (Lipinski definition) is 3. The Morgan fingerprint density at radius 2 is 1.86 bits per heavy atom. The molecule has 0 aliphatic heterocycles. The fourth-order valence-electron chi connectivity index (χ4n) is 1.99. The number of aromatic nitrogens is 3. The van der Waals surface area contributed by atoms with Crippen LogP contribution in [0.2, 0.25) is 0 Å². The molecular formula is C16H14N4O. The fourth-order valence-corrected chi connectivity index (χ4v) is 1.99. The number of rotatable bonds is 4. The van der Waals surface area contributed by atoms with E-state index in [1.165, 1.54) is 0 Å². The van der Waals surface area contributed by atoms with Crippen LogP contribution in [0.3, 0.4) is 0 Å². The average molecular weight is 278 g/mol. The summed E-state index contributed by atoms with van der Waals surface area (Å²) in [7, 11) is 0. The van der Waals surface area contributed by atoms with E-state index in [0.29, 0.717) is 12.1 Å². The van der Waals surface area contributed by atoms with Crippen LogP contribution in [0.1, 0.15) is 16.1 Å². The van der Waals surface area contributed by atoms with Crippen molar-refractivity contribution in [2.24, 2.45) is 0 Å². The van der Waals surface area contributed by atoms with Crippen molar-refractivity contribution in [1.29, 1.82) is 0 Å². The van der Waals surface area contributed by atoms with Gasteiger partial charge in [-0.1, -0.05) is 0 Å². The molecule has 0 radical (unpaired) electrons. The third kappa shape index (κ3) is 3.14. The van der Waals surface area contributed by atoms with Gasteiger partial charge in [-0.15, -0.1) is 0 Å². The minimum absolute atomic E-state index is 0.125. The Kier molecular flexibility index (Phi) is 3.73. The van der Waals surface area contributed by atoms with E-state index in [4.69, 9.17) is 0 Å². The van der Waals surface area contributed by atoms with E-state index in [1.54, 1.807) is 30.7 Å². The van der Waals surface area contributed by atoms with Crippen LogP contribution in [0.15, 0.2) is 67.4 Å². The van der Waals surface area contributed by atoms with Crippen molar-refractivity contribution < 1.29 is 4.79 Å². The van der Waals surface area contributed by atoms with Crippen LogP contribution in [0.25, 0.3) is 5.69 Å². The van der Waals surface area contributed by atoms with Gasteiger partial charge in [-0.05, 0) is 36.4 Å². The molecule has 0 saturated heterocycles. The lowest BCUT2D eigenvalue weighted by molar-refractivity contribution is 0.0950. The van der Waals surface area contributed by atoms with Crippen molar-refractivity contribution in [2.75, 3.05) is 0 Å². The first kappa shape index (κ1) is 13.1. The first-order valence-corrected chi connectivity index (χ1v) is 6.59. The summed E-state index contributed by atoms with van der Waals surface area (Å²) in [6, 6.07) is 11.4. The molecule has 0 aliphatic rings. The molecule has 0 aliphatic carbocycles. The maximum atomic E-state index is 12.0. The molecule has 1 N–H and O–H groups in total. The van der Waals surface area contributed by atoms with Crippen LogP contribution in [0.5, 0.6) is 0 Å². The number of carbonyl (C=O) groups is 1. The molecular weight excluding hydrogens is 264 g/mol. The molecule has 0 saturated carbocycles. The predicted molar refractivity (Wildman–Crippen MR) is 79.0 cm³/mol. The normalized spacial score (nSPS) is 10.3. The second-order valence-electron chi connectivity index (χ2n) is 4.52. The van der Waals surface area contributed by atoms with Crippen molar-refractivity contribution in [3.05, 3.63) is 78.6 Å². The van der Waals surface area contributed by atoms with Crippen molar-refractivity contribution >= 4 is 5.91 Å². The molecule has 1 amide bonds. The van der Waals surface area contributed by atoms with E-state index in [0.717, 1.165) is 11.4 Å². The SMILES string of the molecule is O=C(NCc1cnccn1)c1ccc(-n2cccc2)cc1. The Balaban J connectivity index is 1.65. The Hall–Kier alpha value is -2.95. The zero-order valence-electron chi connectivity index (χ0n) is 11.3. The third-order valence-corrected chi connectivity index (χ3v) is 3.08. The quantitative estimate of drug-likeness (QED) is 0.796. The lowest BCUT2D eigenvalue weighted by Gasteiger charge is -2.06. The lowest BCUT2D eigenvalue weighted by Crippen LogP contribution is -2.23. The highest BCUT2D eigenvalue weighted by Gasteiger charge is 2.05. The van der Waals surface area contributed by atoms with Gasteiger partial charge in [0.1, 0.15) is 0 Å². The van der Waals surface area contributed by atoms with Crippen molar-refractivity contribution in [3.63, 3.8) is 0 Å². The highest BCUT2D eigenvalue weighted by atomic mass is 16.1. The molecule has 0 bridgehead atoms. The summed E-state index contributed by atoms with van der Waals surface area (Å²) in [6.07, 6.45) is 8.76. The molecule has 2 aromatic heterocycles. The Morgan fingerprint density at radius 1 is 1.10 bits per heavy atom. The molecule has 104 valence electrons. The smallest absolute Gasteiger partial charge is 0.251 e. The second kappa shape index (κ2) is 6.00. The summed E-state index contributed by atoms with van der Waals surface area (Å²) in [6.45, 7) is 0.367. The number of hydrogen-bond donors (Lipinski definition) is 1. The zero-order valence-corrected chi connectivity index (χ0v) is 11.3. The van der Waals surface area contributed by atoms with E-state index in [-0.39, 0.29) is 5.91 Å². The summed E-state index contributed by atoms with van der Waals surface area (Å²) < 4.78 is 1.99. The van der Waals surface area contributed by atoms with Gasteiger partial charge in [0.05, 0.1) is 18.4 Å². The van der Waals surface area contributed by atoms with E-state index >= 15 is 0 Å². The molecule has 0 atom stereocenters. The van der Waals surface area contributed by atoms with Crippen LogP contribution >= 0.6 is 0 Å². The Bertz CT molecular complexity index is 706. The van der Waals surface area contributed by atoms with Crippen molar-refractivity contribution in [1.82, 2.24) is 19.9 Å². The maximum Gasteiger partial charge on any atom is 0.251 e. The first-order chi connectivity index (χ1) is 10.3. The molecule has 1 aromatic carbocycles. The van der Waals surface area contributed by atoms with Crippen LogP contribution in [-0.4, -0.2) is 20.4 Å². The summed E-state index contributed by atoms with van der Waals surface area (Å²) in [5.74, 6) is -0.125. The highest BCUT2D eigenvalue weighted by molar-refractivity contribution is 5.94. The van der Waals surface area contributed by atoms with Gasteiger partial charge < -0.3 is 9.88 Å². The standard InChI is InChI=1S/C16H14N4O/c21-16(19-12-14-11-17-7-8-18-14)13-3-5-15(6-4-13)20-9-1-2-10-20/h1-11H,12H2,(H,19,21). The Labute approximate surface area is 122 Å². The fraction of sp³-hybridized carbons (Fsp3) is 0.0625. The van der Waals surface area contributed by atoms with Gasteiger partial charge in [0.25, 0.3) is 5.91 Å². The van der Waals surface area contributed by atoms with Gasteiger partial charge >= 0.3 is 0 Å². The second-order valence-corrected chi connectivity index (χ2v) is 4.52. The third-order valence-electron chi connectivity index (χ3n) is 3.08. The van der Waals surface area contributed by atoms with Crippen LogP contribution in [0.4, 0.5) is 0 Å². The first-order valence-electron chi connectivity index (χ1n) is 6.59. The molecule has 3 rings (SSSR count). The van der Waals surface area contributed by atoms with Gasteiger partial charge in [0.15, 0.2) is 0 Å². The van der Waals surface area contributed by atoms with Gasteiger partial charge in [-0.2, -0.15) is 0 Å². The van der Waals surface area contributed by atoms with Gasteiger partial charge in [0.2, 0.25) is 0 Å². The number of nitrogens with one attached hydrogen (secondary N) is 1.